The number of rotatable bonds is 7. The largest absolute Gasteiger partial charge is 0.409 e. The second-order valence-corrected chi connectivity index (χ2v) is 4.90. The van der Waals surface area contributed by atoms with E-state index in [4.69, 9.17) is 20.4 Å². The van der Waals surface area contributed by atoms with E-state index < -0.39 is 0 Å². The monoisotopic (exact) mass is 258 g/mol. The maximum atomic E-state index is 8.48. The summed E-state index contributed by atoms with van der Waals surface area (Å²) in [6.07, 6.45) is 6.24. The van der Waals surface area contributed by atoms with Gasteiger partial charge >= 0.3 is 0 Å². The highest BCUT2D eigenvalue weighted by Crippen LogP contribution is 2.28. The summed E-state index contributed by atoms with van der Waals surface area (Å²) in [6, 6.07) is 0. The van der Waals surface area contributed by atoms with Crippen molar-refractivity contribution in [1.29, 1.82) is 0 Å². The van der Waals surface area contributed by atoms with E-state index in [1.807, 2.05) is 0 Å². The smallest absolute Gasteiger partial charge is 0.168 e. The lowest BCUT2D eigenvalue weighted by atomic mass is 9.85. The van der Waals surface area contributed by atoms with Crippen LogP contribution < -0.4 is 5.73 Å². The van der Waals surface area contributed by atoms with Gasteiger partial charge in [0.2, 0.25) is 0 Å². The summed E-state index contributed by atoms with van der Waals surface area (Å²) in [4.78, 5) is 0. The molecule has 1 rings (SSSR count). The minimum Gasteiger partial charge on any atom is -0.409 e. The second kappa shape index (κ2) is 8.32. The molecule has 5 heteroatoms. The summed E-state index contributed by atoms with van der Waals surface area (Å²) in [6.45, 7) is 5.03. The van der Waals surface area contributed by atoms with Gasteiger partial charge < -0.3 is 20.4 Å². The first-order valence-corrected chi connectivity index (χ1v) is 6.89. The van der Waals surface area contributed by atoms with E-state index >= 15 is 0 Å². The van der Waals surface area contributed by atoms with Crippen molar-refractivity contribution in [3.63, 3.8) is 0 Å². The van der Waals surface area contributed by atoms with Crippen LogP contribution in [0.2, 0.25) is 0 Å². The fourth-order valence-electron chi connectivity index (χ4n) is 2.45. The zero-order chi connectivity index (χ0) is 13.4. The van der Waals surface area contributed by atoms with Crippen molar-refractivity contribution in [2.24, 2.45) is 16.8 Å². The minimum atomic E-state index is -0.369. The highest BCUT2D eigenvalue weighted by atomic mass is 16.5. The van der Waals surface area contributed by atoms with Gasteiger partial charge in [-0.1, -0.05) is 31.3 Å². The Kier molecular flexibility index (Phi) is 7.05. The van der Waals surface area contributed by atoms with Gasteiger partial charge in [-0.05, 0) is 25.7 Å². The van der Waals surface area contributed by atoms with Crippen molar-refractivity contribution in [2.75, 3.05) is 13.2 Å². The minimum absolute atomic E-state index is 0.0964. The summed E-state index contributed by atoms with van der Waals surface area (Å²) >= 11 is 0. The average Bonchev–Trinajstić information content (AvgIpc) is 2.42. The van der Waals surface area contributed by atoms with Gasteiger partial charge in [0.1, 0.15) is 6.10 Å². The molecule has 1 aliphatic carbocycles. The van der Waals surface area contributed by atoms with Crippen LogP contribution >= 0.6 is 0 Å². The molecular weight excluding hydrogens is 232 g/mol. The van der Waals surface area contributed by atoms with Gasteiger partial charge in [0.15, 0.2) is 5.84 Å². The van der Waals surface area contributed by atoms with Crippen LogP contribution in [0, 0.1) is 5.92 Å². The molecule has 1 fully saturated rings. The number of oxime groups is 1. The van der Waals surface area contributed by atoms with Crippen LogP contribution in [0.3, 0.4) is 0 Å². The van der Waals surface area contributed by atoms with Gasteiger partial charge in [-0.15, -0.1) is 0 Å². The van der Waals surface area contributed by atoms with Crippen molar-refractivity contribution in [2.45, 2.75) is 58.2 Å². The predicted octanol–water partition coefficient (Wildman–Crippen LogP) is 2.12. The molecule has 0 aromatic heterocycles. The van der Waals surface area contributed by atoms with E-state index in [2.05, 4.69) is 12.1 Å². The number of nitrogens with zero attached hydrogens (tertiary/aromatic N) is 1. The first-order chi connectivity index (χ1) is 8.69. The highest BCUT2D eigenvalue weighted by Gasteiger charge is 2.24. The fraction of sp³-hybridized carbons (Fsp3) is 0.923. The number of amidine groups is 1. The molecule has 0 aliphatic heterocycles. The van der Waals surface area contributed by atoms with E-state index in [0.717, 1.165) is 6.42 Å². The van der Waals surface area contributed by atoms with Crippen molar-refractivity contribution in [3.05, 3.63) is 0 Å². The number of hydrogen-bond donors (Lipinski definition) is 2. The molecule has 0 radical (unpaired) electrons. The molecule has 0 saturated heterocycles. The van der Waals surface area contributed by atoms with E-state index in [1.165, 1.54) is 25.7 Å². The van der Waals surface area contributed by atoms with Crippen molar-refractivity contribution >= 4 is 5.84 Å². The summed E-state index contributed by atoms with van der Waals surface area (Å²) in [5, 5.41) is 11.4. The van der Waals surface area contributed by atoms with Crippen molar-refractivity contribution in [1.82, 2.24) is 0 Å². The molecule has 0 aromatic carbocycles. The summed E-state index contributed by atoms with van der Waals surface area (Å²) in [5.74, 6) is 0.791. The standard InChI is InChI=1S/C13H26N2O3/c1-3-11-6-4-5-7-12(11)18-9-8-17-10(2)13(14)15-16/h10-12,16H,3-9H2,1-2H3,(H2,14,15). The van der Waals surface area contributed by atoms with Crippen LogP contribution in [0.25, 0.3) is 0 Å². The predicted molar refractivity (Wildman–Crippen MR) is 70.8 cm³/mol. The zero-order valence-electron chi connectivity index (χ0n) is 11.5. The molecule has 0 spiro atoms. The van der Waals surface area contributed by atoms with Crippen LogP contribution in [-0.2, 0) is 9.47 Å². The zero-order valence-corrected chi connectivity index (χ0v) is 11.5. The van der Waals surface area contributed by atoms with Gasteiger partial charge in [-0.25, -0.2) is 0 Å². The molecule has 3 unspecified atom stereocenters. The number of nitrogens with two attached hydrogens (primary N) is 1. The Hall–Kier alpha value is -0.810. The average molecular weight is 258 g/mol. The molecule has 3 N–H and O–H groups in total. The van der Waals surface area contributed by atoms with Gasteiger partial charge in [0.25, 0.3) is 0 Å². The first-order valence-electron chi connectivity index (χ1n) is 6.89. The third-order valence-corrected chi connectivity index (χ3v) is 3.68. The molecular formula is C13H26N2O3. The van der Waals surface area contributed by atoms with E-state index in [1.54, 1.807) is 6.92 Å². The maximum Gasteiger partial charge on any atom is 0.168 e. The van der Waals surface area contributed by atoms with Crippen molar-refractivity contribution in [3.8, 4) is 0 Å². The highest BCUT2D eigenvalue weighted by molar-refractivity contribution is 5.83. The Morgan fingerprint density at radius 2 is 2.11 bits per heavy atom. The molecule has 1 saturated carbocycles. The Morgan fingerprint density at radius 1 is 1.39 bits per heavy atom. The third kappa shape index (κ3) is 4.82. The lowest BCUT2D eigenvalue weighted by molar-refractivity contribution is -0.0425. The molecule has 18 heavy (non-hydrogen) atoms. The lowest BCUT2D eigenvalue weighted by Crippen LogP contribution is -2.32. The van der Waals surface area contributed by atoms with Crippen LogP contribution in [0.15, 0.2) is 5.16 Å². The molecule has 0 bridgehead atoms. The van der Waals surface area contributed by atoms with E-state index in [0.29, 0.717) is 25.2 Å². The van der Waals surface area contributed by atoms with Gasteiger partial charge in [0.05, 0.1) is 19.3 Å². The molecule has 0 heterocycles. The van der Waals surface area contributed by atoms with Crippen molar-refractivity contribution < 1.29 is 14.7 Å². The molecule has 1 aliphatic rings. The van der Waals surface area contributed by atoms with Gasteiger partial charge in [-0.3, -0.25) is 0 Å². The third-order valence-electron chi connectivity index (χ3n) is 3.68. The number of hydrogen-bond acceptors (Lipinski definition) is 4. The Balaban J connectivity index is 2.16. The fourth-order valence-corrected chi connectivity index (χ4v) is 2.45. The van der Waals surface area contributed by atoms with Gasteiger partial charge in [-0.2, -0.15) is 0 Å². The summed E-state index contributed by atoms with van der Waals surface area (Å²) in [5.41, 5.74) is 5.42. The molecule has 5 nitrogen and oxygen atoms in total. The maximum absolute atomic E-state index is 8.48. The normalized spacial score (nSPS) is 27.1. The number of ether oxygens (including phenoxy) is 2. The van der Waals surface area contributed by atoms with Crippen LogP contribution in [-0.4, -0.2) is 36.5 Å². The molecule has 3 atom stereocenters. The lowest BCUT2D eigenvalue weighted by Gasteiger charge is -2.30. The molecule has 0 amide bonds. The quantitative estimate of drug-likeness (QED) is 0.241. The topological polar surface area (TPSA) is 77.1 Å². The van der Waals surface area contributed by atoms with Crippen LogP contribution in [0.4, 0.5) is 0 Å². The van der Waals surface area contributed by atoms with E-state index in [-0.39, 0.29) is 11.9 Å². The SMILES string of the molecule is CCC1CCCCC1OCCOC(C)C(N)=NO. The Labute approximate surface area is 109 Å². The summed E-state index contributed by atoms with van der Waals surface area (Å²) < 4.78 is 11.3. The van der Waals surface area contributed by atoms with Crippen LogP contribution in [0.1, 0.15) is 46.0 Å². The Bertz CT molecular complexity index is 259. The Morgan fingerprint density at radius 3 is 2.78 bits per heavy atom. The summed E-state index contributed by atoms with van der Waals surface area (Å²) in [7, 11) is 0. The molecule has 106 valence electrons. The van der Waals surface area contributed by atoms with Gasteiger partial charge in [0, 0.05) is 0 Å². The molecule has 0 aromatic rings. The van der Waals surface area contributed by atoms with E-state index in [9.17, 15) is 0 Å². The van der Waals surface area contributed by atoms with Crippen LogP contribution in [0.5, 0.6) is 0 Å². The second-order valence-electron chi connectivity index (χ2n) is 4.90. The first kappa shape index (κ1) is 15.2.